The number of alkyl carbamates (subject to hydrolysis) is 1. The van der Waals surface area contributed by atoms with Crippen molar-refractivity contribution >= 4 is 45.2 Å². The molecular formula is C18H18ClN3O3S. The van der Waals surface area contributed by atoms with Gasteiger partial charge in [0.1, 0.15) is 12.3 Å². The van der Waals surface area contributed by atoms with Gasteiger partial charge in [0.05, 0.1) is 14.6 Å². The van der Waals surface area contributed by atoms with Gasteiger partial charge in [0.25, 0.3) is 5.91 Å². The van der Waals surface area contributed by atoms with Crippen molar-refractivity contribution in [1.29, 1.82) is 0 Å². The predicted octanol–water partition coefficient (Wildman–Crippen LogP) is 3.93. The smallest absolute Gasteiger partial charge is 0.407 e. The maximum Gasteiger partial charge on any atom is 0.407 e. The normalized spacial score (nSPS) is 10.7. The Morgan fingerprint density at radius 2 is 1.88 bits per heavy atom. The topological polar surface area (TPSA) is 83.2 Å². The number of fused-ring (bicyclic) bond motifs is 1. The van der Waals surface area contributed by atoms with Crippen LogP contribution < -0.4 is 10.6 Å². The van der Waals surface area contributed by atoms with E-state index in [0.29, 0.717) is 29.5 Å². The maximum atomic E-state index is 12.1. The molecular weight excluding hydrogens is 374 g/mol. The van der Waals surface area contributed by atoms with Crippen molar-refractivity contribution in [3.63, 3.8) is 0 Å². The Kier molecular flexibility index (Phi) is 6.14. The Bertz CT molecular complexity index is 860. The second kappa shape index (κ2) is 8.73. The number of carbonyl (C=O) groups is 2. The number of rotatable bonds is 7. The highest BCUT2D eigenvalue weighted by atomic mass is 35.5. The van der Waals surface area contributed by atoms with E-state index in [9.17, 15) is 9.59 Å². The van der Waals surface area contributed by atoms with Gasteiger partial charge in [-0.1, -0.05) is 41.9 Å². The van der Waals surface area contributed by atoms with Crippen LogP contribution in [0.3, 0.4) is 0 Å². The van der Waals surface area contributed by atoms with E-state index in [1.54, 1.807) is 12.1 Å². The molecule has 0 aliphatic rings. The van der Waals surface area contributed by atoms with Gasteiger partial charge in [-0.15, -0.1) is 11.3 Å². The Hall–Kier alpha value is -2.51. The zero-order valence-corrected chi connectivity index (χ0v) is 15.5. The van der Waals surface area contributed by atoms with Crippen LogP contribution in [-0.4, -0.2) is 30.1 Å². The number of thiophene rings is 1. The molecule has 8 heteroatoms. The summed E-state index contributed by atoms with van der Waals surface area (Å²) in [6.07, 6.45) is 0.134. The number of hydrogen-bond donors (Lipinski definition) is 3. The van der Waals surface area contributed by atoms with E-state index < -0.39 is 6.09 Å². The molecule has 0 aliphatic heterocycles. The fourth-order valence-electron chi connectivity index (χ4n) is 2.36. The molecule has 3 aromatic rings. The minimum absolute atomic E-state index is 0.184. The van der Waals surface area contributed by atoms with Crippen molar-refractivity contribution in [2.45, 2.75) is 13.0 Å². The van der Waals surface area contributed by atoms with Crippen LogP contribution in [0.25, 0.3) is 10.2 Å². The monoisotopic (exact) mass is 391 g/mol. The molecule has 0 saturated heterocycles. The number of ether oxygens (including phenoxy) is 1. The summed E-state index contributed by atoms with van der Waals surface area (Å²) in [5.41, 5.74) is 2.29. The van der Waals surface area contributed by atoms with Gasteiger partial charge >= 0.3 is 6.09 Å². The van der Waals surface area contributed by atoms with E-state index in [1.165, 1.54) is 11.3 Å². The first-order valence-corrected chi connectivity index (χ1v) is 9.32. The summed E-state index contributed by atoms with van der Waals surface area (Å²) in [6, 6.07) is 13.0. The largest absolute Gasteiger partial charge is 0.445 e. The molecule has 0 saturated carbocycles. The maximum absolute atomic E-state index is 12.1. The molecule has 0 spiro atoms. The SMILES string of the molecule is O=C(NCCCNC(=O)c1cc2sc(Cl)cc2[nH]1)OCc1ccccc1. The Morgan fingerprint density at radius 1 is 1.12 bits per heavy atom. The van der Waals surface area contributed by atoms with Gasteiger partial charge in [0, 0.05) is 13.1 Å². The molecule has 0 atom stereocenters. The van der Waals surface area contributed by atoms with Gasteiger partial charge in [-0.05, 0) is 24.1 Å². The number of H-pyrrole nitrogens is 1. The first-order chi connectivity index (χ1) is 12.6. The Balaban J connectivity index is 1.31. The molecule has 2 heterocycles. The lowest BCUT2D eigenvalue weighted by molar-refractivity contribution is 0.0949. The van der Waals surface area contributed by atoms with E-state index in [-0.39, 0.29) is 12.5 Å². The highest BCUT2D eigenvalue weighted by Gasteiger charge is 2.11. The first kappa shape index (κ1) is 18.3. The summed E-state index contributed by atoms with van der Waals surface area (Å²) < 4.78 is 6.74. The van der Waals surface area contributed by atoms with Crippen LogP contribution >= 0.6 is 22.9 Å². The zero-order valence-electron chi connectivity index (χ0n) is 13.9. The van der Waals surface area contributed by atoms with Crippen molar-refractivity contribution in [1.82, 2.24) is 15.6 Å². The summed E-state index contributed by atoms with van der Waals surface area (Å²) in [5.74, 6) is -0.184. The number of amides is 2. The number of benzene rings is 1. The first-order valence-electron chi connectivity index (χ1n) is 8.12. The summed E-state index contributed by atoms with van der Waals surface area (Å²) in [7, 11) is 0. The van der Waals surface area contributed by atoms with Crippen LogP contribution in [-0.2, 0) is 11.3 Å². The van der Waals surface area contributed by atoms with Crippen LogP contribution in [0.15, 0.2) is 42.5 Å². The van der Waals surface area contributed by atoms with Gasteiger partial charge in [-0.3, -0.25) is 4.79 Å². The lowest BCUT2D eigenvalue weighted by Crippen LogP contribution is -2.30. The van der Waals surface area contributed by atoms with Crippen LogP contribution in [0.2, 0.25) is 4.34 Å². The van der Waals surface area contributed by atoms with Gasteiger partial charge in [-0.2, -0.15) is 0 Å². The van der Waals surface area contributed by atoms with Gasteiger partial charge in [-0.25, -0.2) is 4.79 Å². The third kappa shape index (κ3) is 5.00. The van der Waals surface area contributed by atoms with Crippen molar-refractivity contribution < 1.29 is 14.3 Å². The quantitative estimate of drug-likeness (QED) is 0.533. The summed E-state index contributed by atoms with van der Waals surface area (Å²) >= 11 is 7.33. The molecule has 6 nitrogen and oxygen atoms in total. The second-order valence-electron chi connectivity index (χ2n) is 5.61. The van der Waals surface area contributed by atoms with E-state index in [4.69, 9.17) is 16.3 Å². The molecule has 3 N–H and O–H groups in total. The van der Waals surface area contributed by atoms with Crippen molar-refractivity contribution in [2.24, 2.45) is 0 Å². The van der Waals surface area contributed by atoms with Crippen molar-refractivity contribution in [3.05, 3.63) is 58.1 Å². The minimum atomic E-state index is -0.471. The third-order valence-electron chi connectivity index (χ3n) is 3.64. The number of nitrogens with one attached hydrogen (secondary N) is 3. The summed E-state index contributed by atoms with van der Waals surface area (Å²) in [4.78, 5) is 26.7. The summed E-state index contributed by atoms with van der Waals surface area (Å²) in [6.45, 7) is 1.10. The highest BCUT2D eigenvalue weighted by molar-refractivity contribution is 7.22. The average molecular weight is 392 g/mol. The minimum Gasteiger partial charge on any atom is -0.445 e. The lowest BCUT2D eigenvalue weighted by atomic mass is 10.2. The molecule has 3 rings (SSSR count). The molecule has 1 aromatic carbocycles. The number of halogens is 1. The number of aromatic amines is 1. The van der Waals surface area contributed by atoms with Gasteiger partial charge < -0.3 is 20.4 Å². The highest BCUT2D eigenvalue weighted by Crippen LogP contribution is 2.29. The number of hydrogen-bond acceptors (Lipinski definition) is 4. The van der Waals surface area contributed by atoms with Gasteiger partial charge in [0.2, 0.25) is 0 Å². The van der Waals surface area contributed by atoms with E-state index in [0.717, 1.165) is 15.8 Å². The molecule has 2 aromatic heterocycles. The molecule has 0 unspecified atom stereocenters. The molecule has 0 fully saturated rings. The molecule has 26 heavy (non-hydrogen) atoms. The molecule has 0 bridgehead atoms. The average Bonchev–Trinajstić information content (AvgIpc) is 3.18. The fraction of sp³-hybridized carbons (Fsp3) is 0.222. The van der Waals surface area contributed by atoms with Crippen LogP contribution in [0, 0.1) is 0 Å². The van der Waals surface area contributed by atoms with Gasteiger partial charge in [0.15, 0.2) is 0 Å². The number of carbonyl (C=O) groups excluding carboxylic acids is 2. The predicted molar refractivity (Wildman–Crippen MR) is 103 cm³/mol. The van der Waals surface area contributed by atoms with E-state index in [1.807, 2.05) is 30.3 Å². The zero-order chi connectivity index (χ0) is 18.4. The van der Waals surface area contributed by atoms with E-state index in [2.05, 4.69) is 15.6 Å². The lowest BCUT2D eigenvalue weighted by Gasteiger charge is -2.07. The fourth-order valence-corrected chi connectivity index (χ4v) is 3.51. The van der Waals surface area contributed by atoms with Crippen molar-refractivity contribution in [3.8, 4) is 0 Å². The van der Waals surface area contributed by atoms with Crippen LogP contribution in [0.5, 0.6) is 0 Å². The molecule has 0 radical (unpaired) electrons. The van der Waals surface area contributed by atoms with Crippen LogP contribution in [0.1, 0.15) is 22.5 Å². The van der Waals surface area contributed by atoms with Crippen LogP contribution in [0.4, 0.5) is 4.79 Å². The molecule has 136 valence electrons. The number of aromatic nitrogens is 1. The summed E-state index contributed by atoms with van der Waals surface area (Å²) in [5, 5.41) is 5.46. The Labute approximate surface area is 159 Å². The molecule has 0 aliphatic carbocycles. The molecule has 2 amide bonds. The third-order valence-corrected chi connectivity index (χ3v) is 4.85. The standard InChI is InChI=1S/C18H18ClN3O3S/c19-16-10-13-15(26-16)9-14(22-13)17(23)20-7-4-8-21-18(24)25-11-12-5-2-1-3-6-12/h1-3,5-6,9-10,22H,4,7-8,11H2,(H,20,23)(H,21,24). The Morgan fingerprint density at radius 3 is 2.65 bits per heavy atom. The van der Waals surface area contributed by atoms with Crippen molar-refractivity contribution in [2.75, 3.05) is 13.1 Å². The van der Waals surface area contributed by atoms with E-state index >= 15 is 0 Å². The second-order valence-corrected chi connectivity index (χ2v) is 7.32.